The fourth-order valence-electron chi connectivity index (χ4n) is 3.18. The van der Waals surface area contributed by atoms with Crippen molar-refractivity contribution in [2.75, 3.05) is 11.9 Å². The molecule has 1 aliphatic carbocycles. The monoisotopic (exact) mass is 323 g/mol. The summed E-state index contributed by atoms with van der Waals surface area (Å²) in [6.07, 6.45) is 8.86. The zero-order valence-corrected chi connectivity index (χ0v) is 14.0. The number of carbonyl (C=O) groups excluding carboxylic acids is 1. The van der Waals surface area contributed by atoms with Crippen LogP contribution in [-0.4, -0.2) is 23.5 Å². The summed E-state index contributed by atoms with van der Waals surface area (Å²) < 4.78 is 0. The van der Waals surface area contributed by atoms with Gasteiger partial charge in [0.25, 0.3) is 5.91 Å². The zero-order chi connectivity index (χ0) is 16.6. The molecule has 1 saturated carbocycles. The number of pyridine rings is 1. The van der Waals surface area contributed by atoms with Gasteiger partial charge >= 0.3 is 0 Å². The summed E-state index contributed by atoms with van der Waals surface area (Å²) >= 11 is 0. The molecule has 1 aromatic heterocycles. The largest absolute Gasteiger partial charge is 0.382 e. The molecule has 3 rings (SSSR count). The van der Waals surface area contributed by atoms with Gasteiger partial charge in [0.2, 0.25) is 0 Å². The maximum atomic E-state index is 12.3. The molecule has 0 aliphatic heterocycles. The van der Waals surface area contributed by atoms with Crippen molar-refractivity contribution in [3.05, 3.63) is 59.9 Å². The SMILES string of the molecule is O=C(NCCc1ccccc1)c1cc(NC2CCCCC2)ccn1. The molecule has 2 aromatic rings. The van der Waals surface area contributed by atoms with Gasteiger partial charge in [-0.1, -0.05) is 49.6 Å². The molecule has 0 atom stereocenters. The summed E-state index contributed by atoms with van der Waals surface area (Å²) in [7, 11) is 0. The van der Waals surface area contributed by atoms with E-state index >= 15 is 0 Å². The Morgan fingerprint density at radius 1 is 1.08 bits per heavy atom. The van der Waals surface area contributed by atoms with Crippen molar-refractivity contribution in [3.8, 4) is 0 Å². The van der Waals surface area contributed by atoms with Crippen LogP contribution in [0, 0.1) is 0 Å². The second-order valence-electron chi connectivity index (χ2n) is 6.40. The minimum atomic E-state index is -0.113. The first-order valence-corrected chi connectivity index (χ1v) is 8.86. The number of nitrogens with zero attached hydrogens (tertiary/aromatic N) is 1. The maximum Gasteiger partial charge on any atom is 0.269 e. The van der Waals surface area contributed by atoms with Gasteiger partial charge in [-0.15, -0.1) is 0 Å². The van der Waals surface area contributed by atoms with Crippen LogP contribution in [-0.2, 0) is 6.42 Å². The standard InChI is InChI=1S/C20H25N3O/c24-20(22-13-11-16-7-3-1-4-8-16)19-15-18(12-14-21-19)23-17-9-5-2-6-10-17/h1,3-4,7-8,12,14-15,17H,2,5-6,9-11,13H2,(H,21,23)(H,22,24). The third-order valence-corrected chi connectivity index (χ3v) is 4.51. The molecule has 0 unspecified atom stereocenters. The van der Waals surface area contributed by atoms with Crippen LogP contribution in [0.5, 0.6) is 0 Å². The van der Waals surface area contributed by atoms with E-state index in [1.165, 1.54) is 37.7 Å². The van der Waals surface area contributed by atoms with Gasteiger partial charge in [-0.2, -0.15) is 0 Å². The molecule has 4 nitrogen and oxygen atoms in total. The van der Waals surface area contributed by atoms with Crippen molar-refractivity contribution in [2.24, 2.45) is 0 Å². The molecule has 1 fully saturated rings. The molecular formula is C20H25N3O. The van der Waals surface area contributed by atoms with E-state index in [4.69, 9.17) is 0 Å². The molecule has 1 amide bonds. The van der Waals surface area contributed by atoms with Crippen molar-refractivity contribution < 1.29 is 4.79 Å². The molecule has 0 bridgehead atoms. The van der Waals surface area contributed by atoms with E-state index in [-0.39, 0.29) is 5.91 Å². The first-order valence-electron chi connectivity index (χ1n) is 8.86. The van der Waals surface area contributed by atoms with Crippen LogP contribution in [0.25, 0.3) is 0 Å². The molecule has 2 N–H and O–H groups in total. The van der Waals surface area contributed by atoms with Gasteiger partial charge in [0.05, 0.1) is 0 Å². The fraction of sp³-hybridized carbons (Fsp3) is 0.400. The highest BCUT2D eigenvalue weighted by atomic mass is 16.1. The van der Waals surface area contributed by atoms with Crippen molar-refractivity contribution >= 4 is 11.6 Å². The van der Waals surface area contributed by atoms with Crippen LogP contribution in [0.2, 0.25) is 0 Å². The summed E-state index contributed by atoms with van der Waals surface area (Å²) in [5.74, 6) is -0.113. The van der Waals surface area contributed by atoms with E-state index in [2.05, 4.69) is 27.8 Å². The third kappa shape index (κ3) is 4.82. The Morgan fingerprint density at radius 2 is 1.88 bits per heavy atom. The van der Waals surface area contributed by atoms with Gasteiger partial charge in [-0.05, 0) is 37.0 Å². The maximum absolute atomic E-state index is 12.3. The number of nitrogens with one attached hydrogen (secondary N) is 2. The first kappa shape index (κ1) is 16.5. The van der Waals surface area contributed by atoms with Gasteiger partial charge in [-0.25, -0.2) is 0 Å². The number of benzene rings is 1. The average Bonchev–Trinajstić information content (AvgIpc) is 2.64. The van der Waals surface area contributed by atoms with Crippen LogP contribution < -0.4 is 10.6 Å². The second kappa shape index (κ2) is 8.48. The predicted octanol–water partition coefficient (Wildman–Crippen LogP) is 3.80. The molecule has 24 heavy (non-hydrogen) atoms. The number of aromatic nitrogens is 1. The molecule has 126 valence electrons. The van der Waals surface area contributed by atoms with Crippen LogP contribution in [0.15, 0.2) is 48.7 Å². The topological polar surface area (TPSA) is 54.0 Å². The van der Waals surface area contributed by atoms with Gasteiger partial charge < -0.3 is 10.6 Å². The normalized spacial score (nSPS) is 15.0. The van der Waals surface area contributed by atoms with Crippen LogP contribution in [0.1, 0.15) is 48.2 Å². The van der Waals surface area contributed by atoms with E-state index in [1.54, 1.807) is 6.20 Å². The van der Waals surface area contributed by atoms with E-state index in [1.807, 2.05) is 30.3 Å². The van der Waals surface area contributed by atoms with E-state index in [9.17, 15) is 4.79 Å². The van der Waals surface area contributed by atoms with Crippen LogP contribution in [0.4, 0.5) is 5.69 Å². The second-order valence-corrected chi connectivity index (χ2v) is 6.40. The van der Waals surface area contributed by atoms with Gasteiger partial charge in [0, 0.05) is 24.5 Å². The number of carbonyl (C=O) groups is 1. The molecule has 1 aliphatic rings. The summed E-state index contributed by atoms with van der Waals surface area (Å²) in [5.41, 5.74) is 2.69. The molecular weight excluding hydrogens is 298 g/mol. The zero-order valence-electron chi connectivity index (χ0n) is 14.0. The number of hydrogen-bond donors (Lipinski definition) is 2. The molecule has 0 saturated heterocycles. The summed E-state index contributed by atoms with van der Waals surface area (Å²) in [6.45, 7) is 0.616. The fourth-order valence-corrected chi connectivity index (χ4v) is 3.18. The number of anilines is 1. The van der Waals surface area contributed by atoms with E-state index < -0.39 is 0 Å². The summed E-state index contributed by atoms with van der Waals surface area (Å²) in [5, 5.41) is 6.49. The van der Waals surface area contributed by atoms with Crippen molar-refractivity contribution in [1.82, 2.24) is 10.3 Å². The number of amides is 1. The Bertz CT molecular complexity index is 651. The van der Waals surface area contributed by atoms with Crippen LogP contribution >= 0.6 is 0 Å². The van der Waals surface area contributed by atoms with Gasteiger partial charge in [0.1, 0.15) is 5.69 Å². The number of rotatable bonds is 6. The lowest BCUT2D eigenvalue weighted by Gasteiger charge is -2.23. The molecule has 0 radical (unpaired) electrons. The highest BCUT2D eigenvalue weighted by molar-refractivity contribution is 5.93. The van der Waals surface area contributed by atoms with Crippen molar-refractivity contribution in [1.29, 1.82) is 0 Å². The number of hydrogen-bond acceptors (Lipinski definition) is 3. The molecule has 1 aromatic carbocycles. The minimum absolute atomic E-state index is 0.113. The van der Waals surface area contributed by atoms with Crippen molar-refractivity contribution in [3.63, 3.8) is 0 Å². The summed E-state index contributed by atoms with van der Waals surface area (Å²) in [4.78, 5) is 16.5. The highest BCUT2D eigenvalue weighted by Gasteiger charge is 2.14. The highest BCUT2D eigenvalue weighted by Crippen LogP contribution is 2.21. The lowest BCUT2D eigenvalue weighted by Crippen LogP contribution is -2.27. The Morgan fingerprint density at radius 3 is 2.67 bits per heavy atom. The first-order chi connectivity index (χ1) is 11.8. The lowest BCUT2D eigenvalue weighted by molar-refractivity contribution is 0.0949. The lowest BCUT2D eigenvalue weighted by atomic mass is 9.95. The van der Waals surface area contributed by atoms with E-state index in [0.29, 0.717) is 18.3 Å². The summed E-state index contributed by atoms with van der Waals surface area (Å²) in [6, 6.07) is 14.5. The molecule has 0 spiro atoms. The Balaban J connectivity index is 1.51. The van der Waals surface area contributed by atoms with E-state index in [0.717, 1.165) is 12.1 Å². The minimum Gasteiger partial charge on any atom is -0.382 e. The Kier molecular flexibility index (Phi) is 5.83. The quantitative estimate of drug-likeness (QED) is 0.850. The average molecular weight is 323 g/mol. The Labute approximate surface area is 143 Å². The Hall–Kier alpha value is -2.36. The predicted molar refractivity (Wildman–Crippen MR) is 97.2 cm³/mol. The van der Waals surface area contributed by atoms with Crippen LogP contribution in [0.3, 0.4) is 0 Å². The van der Waals surface area contributed by atoms with Gasteiger partial charge in [0.15, 0.2) is 0 Å². The smallest absolute Gasteiger partial charge is 0.269 e. The van der Waals surface area contributed by atoms with Crippen molar-refractivity contribution in [2.45, 2.75) is 44.6 Å². The molecule has 1 heterocycles. The third-order valence-electron chi connectivity index (χ3n) is 4.51. The van der Waals surface area contributed by atoms with Gasteiger partial charge in [-0.3, -0.25) is 9.78 Å². The molecule has 4 heteroatoms.